The molecule has 3 rings (SSSR count). The summed E-state index contributed by atoms with van der Waals surface area (Å²) >= 11 is 0. The maximum absolute atomic E-state index is 15.7. The van der Waals surface area contributed by atoms with Crippen LogP contribution in [0, 0.1) is 5.92 Å². The Hall–Kier alpha value is -1.67. The van der Waals surface area contributed by atoms with Gasteiger partial charge in [0.05, 0.1) is 6.61 Å². The molecule has 0 radical (unpaired) electrons. The minimum absolute atomic E-state index is 0.0217. The third kappa shape index (κ3) is 3.57. The van der Waals surface area contributed by atoms with Crippen LogP contribution in [0.4, 0.5) is 4.39 Å². The standard InChI is InChI=1S/C25H33FO/c1-17(2)18-7-9-21(10-8-18)25(26)15-22(25)24(5,6)20-13-11-19(12-14-20)23(3,4)16-27/h7-14,17,22,27H,15-16H2,1-6H3. The van der Waals surface area contributed by atoms with Crippen molar-refractivity contribution < 1.29 is 9.50 Å². The quantitative estimate of drug-likeness (QED) is 0.639. The van der Waals surface area contributed by atoms with E-state index in [0.717, 1.165) is 16.7 Å². The van der Waals surface area contributed by atoms with Crippen molar-refractivity contribution in [3.05, 3.63) is 70.8 Å². The fraction of sp³-hybridized carbons (Fsp3) is 0.520. The van der Waals surface area contributed by atoms with Crippen LogP contribution in [0.2, 0.25) is 0 Å². The molecule has 1 nitrogen and oxygen atoms in total. The van der Waals surface area contributed by atoms with Crippen LogP contribution in [0.3, 0.4) is 0 Å². The van der Waals surface area contributed by atoms with Gasteiger partial charge in [-0.15, -0.1) is 0 Å². The summed E-state index contributed by atoms with van der Waals surface area (Å²) in [6.07, 6.45) is 0.574. The molecule has 2 unspecified atom stereocenters. The molecule has 1 aliphatic carbocycles. The molecule has 27 heavy (non-hydrogen) atoms. The zero-order valence-electron chi connectivity index (χ0n) is 17.5. The van der Waals surface area contributed by atoms with Gasteiger partial charge in [0.15, 0.2) is 0 Å². The zero-order valence-corrected chi connectivity index (χ0v) is 17.5. The molecule has 0 saturated heterocycles. The topological polar surface area (TPSA) is 20.2 Å². The van der Waals surface area contributed by atoms with Gasteiger partial charge in [-0.25, -0.2) is 4.39 Å². The molecule has 2 heteroatoms. The number of aliphatic hydroxyl groups excluding tert-OH is 1. The molecular weight excluding hydrogens is 335 g/mol. The summed E-state index contributed by atoms with van der Waals surface area (Å²) in [5.74, 6) is 0.439. The van der Waals surface area contributed by atoms with Crippen LogP contribution in [-0.2, 0) is 16.5 Å². The summed E-state index contributed by atoms with van der Waals surface area (Å²) in [5.41, 5.74) is 2.59. The van der Waals surface area contributed by atoms with Crippen molar-refractivity contribution >= 4 is 0 Å². The SMILES string of the molecule is CC(C)c1ccc(C2(F)CC2C(C)(C)c2ccc(C(C)(C)CO)cc2)cc1. The van der Waals surface area contributed by atoms with E-state index in [9.17, 15) is 5.11 Å². The molecule has 0 bridgehead atoms. The number of rotatable bonds is 6. The lowest BCUT2D eigenvalue weighted by molar-refractivity contribution is 0.218. The van der Waals surface area contributed by atoms with Gasteiger partial charge in [-0.1, -0.05) is 90.1 Å². The summed E-state index contributed by atoms with van der Waals surface area (Å²) < 4.78 is 15.7. The van der Waals surface area contributed by atoms with Crippen molar-refractivity contribution in [3.8, 4) is 0 Å². The van der Waals surface area contributed by atoms with Gasteiger partial charge in [0, 0.05) is 11.3 Å². The first-order valence-electron chi connectivity index (χ1n) is 10.0. The Morgan fingerprint density at radius 2 is 1.48 bits per heavy atom. The third-order valence-electron chi connectivity index (χ3n) is 6.63. The molecule has 146 valence electrons. The van der Waals surface area contributed by atoms with Crippen LogP contribution in [0.15, 0.2) is 48.5 Å². The predicted molar refractivity (Wildman–Crippen MR) is 111 cm³/mol. The lowest BCUT2D eigenvalue weighted by Crippen LogP contribution is -2.26. The first-order chi connectivity index (χ1) is 12.5. The van der Waals surface area contributed by atoms with Crippen LogP contribution in [0.1, 0.15) is 76.1 Å². The van der Waals surface area contributed by atoms with Gasteiger partial charge in [-0.3, -0.25) is 0 Å². The Labute approximate surface area is 163 Å². The molecule has 0 aliphatic heterocycles. The molecule has 1 fully saturated rings. The maximum Gasteiger partial charge on any atom is 0.140 e. The lowest BCUT2D eigenvalue weighted by atomic mass is 9.76. The van der Waals surface area contributed by atoms with Gasteiger partial charge in [0.25, 0.3) is 0 Å². The summed E-state index contributed by atoms with van der Waals surface area (Å²) in [7, 11) is 0. The van der Waals surface area contributed by atoms with Gasteiger partial charge in [-0.05, 0) is 40.0 Å². The van der Waals surface area contributed by atoms with Crippen molar-refractivity contribution in [2.45, 2.75) is 70.4 Å². The first-order valence-corrected chi connectivity index (χ1v) is 10.0. The van der Waals surface area contributed by atoms with Crippen molar-refractivity contribution in [2.24, 2.45) is 5.92 Å². The van der Waals surface area contributed by atoms with Crippen molar-refractivity contribution in [3.63, 3.8) is 0 Å². The second kappa shape index (κ2) is 6.74. The molecule has 1 N–H and O–H groups in total. The maximum atomic E-state index is 15.7. The molecule has 2 aromatic carbocycles. The molecule has 0 heterocycles. The van der Waals surface area contributed by atoms with Gasteiger partial charge >= 0.3 is 0 Å². The Balaban J connectivity index is 1.82. The lowest BCUT2D eigenvalue weighted by Gasteiger charge is -2.29. The number of aliphatic hydroxyl groups is 1. The second-order valence-corrected chi connectivity index (χ2v) is 9.74. The van der Waals surface area contributed by atoms with Gasteiger partial charge in [-0.2, -0.15) is 0 Å². The van der Waals surface area contributed by atoms with E-state index in [4.69, 9.17) is 0 Å². The average molecular weight is 369 g/mol. The molecule has 2 atom stereocenters. The van der Waals surface area contributed by atoms with Gasteiger partial charge in [0.1, 0.15) is 5.67 Å². The van der Waals surface area contributed by atoms with E-state index in [0.29, 0.717) is 12.3 Å². The summed E-state index contributed by atoms with van der Waals surface area (Å²) in [6.45, 7) is 12.8. The number of halogens is 1. The number of hydrogen-bond donors (Lipinski definition) is 1. The highest BCUT2D eigenvalue weighted by Crippen LogP contribution is 2.63. The summed E-state index contributed by atoms with van der Waals surface area (Å²) in [4.78, 5) is 0. The monoisotopic (exact) mass is 368 g/mol. The van der Waals surface area contributed by atoms with E-state index < -0.39 is 5.67 Å². The highest BCUT2D eigenvalue weighted by molar-refractivity contribution is 5.40. The van der Waals surface area contributed by atoms with E-state index in [2.05, 4.69) is 64.1 Å². The molecule has 1 saturated carbocycles. The summed E-state index contributed by atoms with van der Waals surface area (Å²) in [6, 6.07) is 16.4. The van der Waals surface area contributed by atoms with E-state index in [1.807, 2.05) is 26.0 Å². The van der Waals surface area contributed by atoms with Crippen LogP contribution in [0.5, 0.6) is 0 Å². The summed E-state index contributed by atoms with van der Waals surface area (Å²) in [5, 5.41) is 9.57. The molecular formula is C25H33FO. The van der Waals surface area contributed by atoms with Crippen molar-refractivity contribution in [1.82, 2.24) is 0 Å². The van der Waals surface area contributed by atoms with E-state index in [1.54, 1.807) is 0 Å². The molecule has 0 aromatic heterocycles. The van der Waals surface area contributed by atoms with Crippen LogP contribution in [-0.4, -0.2) is 11.7 Å². The number of benzene rings is 2. The Morgan fingerprint density at radius 3 is 1.96 bits per heavy atom. The normalized spacial score (nSPS) is 22.9. The average Bonchev–Trinajstić information content (AvgIpc) is 3.36. The fourth-order valence-electron chi connectivity index (χ4n) is 4.17. The van der Waals surface area contributed by atoms with Crippen molar-refractivity contribution in [2.75, 3.05) is 6.61 Å². The Morgan fingerprint density at radius 1 is 0.963 bits per heavy atom. The van der Waals surface area contributed by atoms with Gasteiger partial charge in [0.2, 0.25) is 0 Å². The minimum atomic E-state index is -1.23. The van der Waals surface area contributed by atoms with Crippen LogP contribution < -0.4 is 0 Å². The Kier molecular flexibility index (Phi) is 5.01. The smallest absolute Gasteiger partial charge is 0.140 e. The largest absolute Gasteiger partial charge is 0.395 e. The molecule has 0 amide bonds. The zero-order chi connectivity index (χ0) is 20.0. The van der Waals surface area contributed by atoms with Crippen LogP contribution in [0.25, 0.3) is 0 Å². The highest BCUT2D eigenvalue weighted by atomic mass is 19.1. The predicted octanol–water partition coefficient (Wildman–Crippen LogP) is 6.24. The fourth-order valence-corrected chi connectivity index (χ4v) is 4.17. The molecule has 2 aromatic rings. The van der Waals surface area contributed by atoms with E-state index in [1.165, 1.54) is 5.56 Å². The third-order valence-corrected chi connectivity index (χ3v) is 6.63. The first kappa shape index (κ1) is 20.1. The van der Waals surface area contributed by atoms with E-state index >= 15 is 4.39 Å². The van der Waals surface area contributed by atoms with Gasteiger partial charge < -0.3 is 5.11 Å². The number of alkyl halides is 1. The van der Waals surface area contributed by atoms with E-state index in [-0.39, 0.29) is 23.4 Å². The molecule has 1 aliphatic rings. The highest BCUT2D eigenvalue weighted by Gasteiger charge is 2.62. The van der Waals surface area contributed by atoms with Crippen LogP contribution >= 0.6 is 0 Å². The number of hydrogen-bond acceptors (Lipinski definition) is 1. The Bertz CT molecular complexity index is 786. The molecule has 0 spiro atoms. The minimum Gasteiger partial charge on any atom is -0.395 e. The van der Waals surface area contributed by atoms with Crippen molar-refractivity contribution in [1.29, 1.82) is 0 Å². The second-order valence-electron chi connectivity index (χ2n) is 9.74.